The van der Waals surface area contributed by atoms with Gasteiger partial charge in [-0.1, -0.05) is 13.0 Å². The largest absolute Gasteiger partial charge is 0.386 e. The van der Waals surface area contributed by atoms with Gasteiger partial charge >= 0.3 is 0 Å². The summed E-state index contributed by atoms with van der Waals surface area (Å²) < 4.78 is 0. The van der Waals surface area contributed by atoms with E-state index in [1.54, 1.807) is 0 Å². The lowest BCUT2D eigenvalue weighted by atomic mass is 10.0. The highest BCUT2D eigenvalue weighted by molar-refractivity contribution is 5.26. The van der Waals surface area contributed by atoms with Crippen LogP contribution >= 0.6 is 0 Å². The minimum Gasteiger partial charge on any atom is -0.386 e. The van der Waals surface area contributed by atoms with E-state index < -0.39 is 0 Å². The Morgan fingerprint density at radius 1 is 1.24 bits per heavy atom. The Morgan fingerprint density at radius 3 is 2.47 bits per heavy atom. The molecule has 0 saturated carbocycles. The Hall–Kier alpha value is -1.00. The Kier molecular flexibility index (Phi) is 4.07. The van der Waals surface area contributed by atoms with E-state index in [0.29, 0.717) is 6.04 Å². The molecule has 1 unspecified atom stereocenters. The highest BCUT2D eigenvalue weighted by atomic mass is 15.3. The van der Waals surface area contributed by atoms with Gasteiger partial charge in [0.1, 0.15) is 0 Å². The van der Waals surface area contributed by atoms with Gasteiger partial charge in [-0.15, -0.1) is 0 Å². The first-order chi connectivity index (χ1) is 8.19. The monoisotopic (exact) mass is 236 g/mol. The van der Waals surface area contributed by atoms with E-state index >= 15 is 0 Å². The number of nitrogens with one attached hydrogen (secondary N) is 1. The van der Waals surface area contributed by atoms with Crippen molar-refractivity contribution in [2.75, 3.05) is 39.3 Å². The van der Waals surface area contributed by atoms with Crippen molar-refractivity contribution in [3.8, 4) is 0 Å². The number of likely N-dealkylation sites (N-methyl/N-ethyl adjacent to an activating group) is 1. The highest BCUT2D eigenvalue weighted by Gasteiger charge is 2.19. The molecule has 96 valence electrons. The molecule has 2 rings (SSSR count). The molecule has 4 heteroatoms. The van der Waals surface area contributed by atoms with E-state index in [4.69, 9.17) is 5.73 Å². The van der Waals surface area contributed by atoms with Crippen LogP contribution < -0.4 is 11.1 Å². The summed E-state index contributed by atoms with van der Waals surface area (Å²) in [6, 6.07) is 0.365. The maximum atomic E-state index is 5.74. The first-order valence-corrected chi connectivity index (χ1v) is 6.56. The predicted molar refractivity (Wildman–Crippen MR) is 71.5 cm³/mol. The lowest BCUT2D eigenvalue weighted by Crippen LogP contribution is -2.48. The molecule has 0 radical (unpaired) electrons. The van der Waals surface area contributed by atoms with E-state index in [1.165, 1.54) is 38.3 Å². The van der Waals surface area contributed by atoms with Gasteiger partial charge in [-0.25, -0.2) is 0 Å². The Morgan fingerprint density at radius 2 is 1.88 bits per heavy atom. The van der Waals surface area contributed by atoms with Crippen LogP contribution in [0.1, 0.15) is 13.8 Å². The number of piperazine rings is 1. The summed E-state index contributed by atoms with van der Waals surface area (Å²) in [7, 11) is 0. The van der Waals surface area contributed by atoms with E-state index in [2.05, 4.69) is 35.0 Å². The third-order valence-corrected chi connectivity index (χ3v) is 3.73. The second kappa shape index (κ2) is 5.56. The highest BCUT2D eigenvalue weighted by Crippen LogP contribution is 2.12. The zero-order valence-electron chi connectivity index (χ0n) is 10.9. The molecule has 2 heterocycles. The van der Waals surface area contributed by atoms with E-state index in [-0.39, 0.29) is 0 Å². The van der Waals surface area contributed by atoms with Crippen LogP contribution in [0.15, 0.2) is 23.5 Å². The molecular formula is C13H24N4. The number of nitrogens with zero attached hydrogens (tertiary/aromatic N) is 2. The zero-order chi connectivity index (χ0) is 12.3. The number of hydrogen-bond acceptors (Lipinski definition) is 4. The Bertz CT molecular complexity index is 313. The van der Waals surface area contributed by atoms with Crippen LogP contribution in [0.3, 0.4) is 0 Å². The maximum absolute atomic E-state index is 5.74. The van der Waals surface area contributed by atoms with Gasteiger partial charge in [-0.2, -0.15) is 0 Å². The van der Waals surface area contributed by atoms with Gasteiger partial charge in [0.05, 0.1) is 5.82 Å². The minimum absolute atomic E-state index is 0.365. The second-order valence-electron chi connectivity index (χ2n) is 4.94. The van der Waals surface area contributed by atoms with Crippen molar-refractivity contribution in [3.63, 3.8) is 0 Å². The van der Waals surface area contributed by atoms with Crippen LogP contribution in [-0.4, -0.2) is 55.1 Å². The second-order valence-corrected chi connectivity index (χ2v) is 4.94. The van der Waals surface area contributed by atoms with Gasteiger partial charge in [-0.3, -0.25) is 4.90 Å². The molecule has 3 N–H and O–H groups in total. The zero-order valence-corrected chi connectivity index (χ0v) is 10.9. The number of rotatable bonds is 3. The number of nitrogens with two attached hydrogens (primary N) is 1. The average molecular weight is 236 g/mol. The van der Waals surface area contributed by atoms with Gasteiger partial charge in [0.15, 0.2) is 0 Å². The number of dihydropyridines is 1. The van der Waals surface area contributed by atoms with E-state index in [9.17, 15) is 0 Å². The van der Waals surface area contributed by atoms with Crippen molar-refractivity contribution in [1.82, 2.24) is 15.1 Å². The summed E-state index contributed by atoms with van der Waals surface area (Å²) in [5.74, 6) is 0.775. The van der Waals surface area contributed by atoms with Crippen molar-refractivity contribution in [3.05, 3.63) is 23.5 Å². The normalized spacial score (nSPS) is 27.3. The summed E-state index contributed by atoms with van der Waals surface area (Å²) >= 11 is 0. The lowest BCUT2D eigenvalue weighted by molar-refractivity contribution is 0.144. The van der Waals surface area contributed by atoms with Gasteiger partial charge in [0.2, 0.25) is 0 Å². The predicted octanol–water partition coefficient (Wildman–Crippen LogP) is 0.342. The van der Waals surface area contributed by atoms with Crippen LogP contribution in [0.2, 0.25) is 0 Å². The summed E-state index contributed by atoms with van der Waals surface area (Å²) in [4.78, 5) is 5.04. The minimum atomic E-state index is 0.365. The number of hydrogen-bond donors (Lipinski definition) is 2. The molecule has 0 aromatic heterocycles. The van der Waals surface area contributed by atoms with E-state index in [0.717, 1.165) is 12.4 Å². The van der Waals surface area contributed by atoms with Crippen LogP contribution in [0.4, 0.5) is 0 Å². The average Bonchev–Trinajstić information content (AvgIpc) is 2.34. The smallest absolute Gasteiger partial charge is 0.0964 e. The van der Waals surface area contributed by atoms with Gasteiger partial charge in [-0.05, 0) is 25.1 Å². The van der Waals surface area contributed by atoms with Crippen molar-refractivity contribution in [1.29, 1.82) is 0 Å². The molecule has 1 saturated heterocycles. The quantitative estimate of drug-likeness (QED) is 0.742. The topological polar surface area (TPSA) is 44.5 Å². The maximum Gasteiger partial charge on any atom is 0.0964 e. The summed E-state index contributed by atoms with van der Waals surface area (Å²) in [5, 5.41) is 3.27. The fourth-order valence-electron chi connectivity index (χ4n) is 2.44. The summed E-state index contributed by atoms with van der Waals surface area (Å²) in [6.07, 6.45) is 4.14. The summed E-state index contributed by atoms with van der Waals surface area (Å²) in [6.45, 7) is 11.4. The Balaban J connectivity index is 1.86. The molecular weight excluding hydrogens is 212 g/mol. The Labute approximate surface area is 104 Å². The van der Waals surface area contributed by atoms with Crippen molar-refractivity contribution >= 4 is 0 Å². The van der Waals surface area contributed by atoms with E-state index in [1.807, 2.05) is 6.08 Å². The van der Waals surface area contributed by atoms with Crippen LogP contribution in [0.5, 0.6) is 0 Å². The molecule has 4 nitrogen and oxygen atoms in total. The molecule has 0 bridgehead atoms. The molecule has 0 spiro atoms. The van der Waals surface area contributed by atoms with Crippen molar-refractivity contribution in [2.45, 2.75) is 19.9 Å². The fraction of sp³-hybridized carbons (Fsp3) is 0.692. The molecule has 0 amide bonds. The molecule has 0 aromatic carbocycles. The van der Waals surface area contributed by atoms with Crippen molar-refractivity contribution < 1.29 is 0 Å². The molecule has 2 aliphatic heterocycles. The van der Waals surface area contributed by atoms with Crippen LogP contribution in [0, 0.1) is 0 Å². The number of allylic oxidation sites excluding steroid dienone is 2. The fourth-order valence-corrected chi connectivity index (χ4v) is 2.44. The molecule has 1 fully saturated rings. The van der Waals surface area contributed by atoms with Gasteiger partial charge < -0.3 is 16.0 Å². The standard InChI is InChI=1S/C13H24N4/c1-3-16-6-8-17(9-7-16)10-12-4-5-13(14)15-11(12)2/h4-5,11,15H,3,6-10,14H2,1-2H3. The third kappa shape index (κ3) is 3.23. The third-order valence-electron chi connectivity index (χ3n) is 3.73. The molecule has 2 aliphatic rings. The van der Waals surface area contributed by atoms with Crippen molar-refractivity contribution in [2.24, 2.45) is 5.73 Å². The van der Waals surface area contributed by atoms with Crippen LogP contribution in [0.25, 0.3) is 0 Å². The lowest BCUT2D eigenvalue weighted by Gasteiger charge is -2.35. The first kappa shape index (κ1) is 12.5. The summed E-state index contributed by atoms with van der Waals surface area (Å²) in [5.41, 5.74) is 7.18. The first-order valence-electron chi connectivity index (χ1n) is 6.56. The molecule has 1 atom stereocenters. The SMILES string of the molecule is CCN1CCN(CC2=CC=C(N)NC2C)CC1. The van der Waals surface area contributed by atoms with Gasteiger partial charge in [0.25, 0.3) is 0 Å². The van der Waals surface area contributed by atoms with Gasteiger partial charge in [0, 0.05) is 38.8 Å². The molecule has 0 aliphatic carbocycles. The molecule has 17 heavy (non-hydrogen) atoms. The molecule has 0 aromatic rings. The van der Waals surface area contributed by atoms with Crippen LogP contribution in [-0.2, 0) is 0 Å².